The van der Waals surface area contributed by atoms with Crippen LogP contribution in [-0.2, 0) is 4.79 Å². The molecule has 0 spiro atoms. The van der Waals surface area contributed by atoms with Gasteiger partial charge in [-0.2, -0.15) is 0 Å². The molecule has 6 nitrogen and oxygen atoms in total. The molecule has 1 saturated heterocycles. The highest BCUT2D eigenvalue weighted by Gasteiger charge is 2.25. The summed E-state index contributed by atoms with van der Waals surface area (Å²) in [6, 6.07) is 2.35. The Labute approximate surface area is 137 Å². The maximum Gasteiger partial charge on any atom is 0.240 e. The minimum atomic E-state index is -0.0319. The van der Waals surface area contributed by atoms with Crippen LogP contribution in [0.4, 0.5) is 5.88 Å². The number of nitrogens with one attached hydrogen (secondary N) is 2. The van der Waals surface area contributed by atoms with Gasteiger partial charge in [0, 0.05) is 25.2 Å². The van der Waals surface area contributed by atoms with Gasteiger partial charge in [-0.05, 0) is 45.1 Å². The summed E-state index contributed by atoms with van der Waals surface area (Å²) in [6.45, 7) is 5.39. The van der Waals surface area contributed by atoms with Crippen LogP contribution in [0, 0.1) is 12.8 Å². The Balaban J connectivity index is 0.00000176. The molecule has 1 saturated carbocycles. The molecule has 0 bridgehead atoms. The van der Waals surface area contributed by atoms with E-state index in [1.165, 1.54) is 19.4 Å². The molecule has 2 N–H and O–H groups in total. The van der Waals surface area contributed by atoms with Crippen molar-refractivity contribution in [3.05, 3.63) is 11.8 Å². The van der Waals surface area contributed by atoms with Crippen LogP contribution in [-0.4, -0.2) is 48.2 Å². The highest BCUT2D eigenvalue weighted by atomic mass is 35.5. The molecule has 22 heavy (non-hydrogen) atoms. The molecule has 2 aliphatic rings. The number of hydrogen-bond acceptors (Lipinski definition) is 5. The topological polar surface area (TPSA) is 70.4 Å². The number of anilines is 1. The second-order valence-electron chi connectivity index (χ2n) is 6.28. The van der Waals surface area contributed by atoms with Crippen molar-refractivity contribution in [1.82, 2.24) is 15.4 Å². The first-order valence-electron chi connectivity index (χ1n) is 7.88. The number of likely N-dealkylation sites (tertiary alicyclic amines) is 1. The molecule has 1 aliphatic heterocycles. The van der Waals surface area contributed by atoms with Crippen molar-refractivity contribution in [1.29, 1.82) is 0 Å². The Hall–Kier alpha value is -1.11. The Kier molecular flexibility index (Phi) is 6.23. The molecule has 0 atom stereocenters. The molecule has 0 radical (unpaired) electrons. The third kappa shape index (κ3) is 5.26. The molecule has 2 heterocycles. The van der Waals surface area contributed by atoms with Crippen molar-refractivity contribution in [2.45, 2.75) is 38.6 Å². The highest BCUT2D eigenvalue weighted by Crippen LogP contribution is 2.28. The number of nitrogens with zero attached hydrogens (tertiary/aromatic N) is 2. The van der Waals surface area contributed by atoms with Crippen LogP contribution in [0.3, 0.4) is 0 Å². The van der Waals surface area contributed by atoms with E-state index in [4.69, 9.17) is 4.52 Å². The fraction of sp³-hybridized carbons (Fsp3) is 0.733. The standard InChI is InChI=1S/C15H24N4O2.ClH/c1-11-8-15(21-18-11)17-14(20)10-19-6-4-13(5-7-19)16-9-12-2-3-12;/h8,12-13,16H,2-7,9-10H2,1H3,(H,17,20);1H. The molecular formula is C15H25ClN4O2. The van der Waals surface area contributed by atoms with Gasteiger partial charge >= 0.3 is 0 Å². The highest BCUT2D eigenvalue weighted by molar-refractivity contribution is 5.90. The van der Waals surface area contributed by atoms with E-state index in [0.717, 1.165) is 37.5 Å². The quantitative estimate of drug-likeness (QED) is 0.833. The van der Waals surface area contributed by atoms with Gasteiger partial charge in [0.15, 0.2) is 0 Å². The maximum absolute atomic E-state index is 11.9. The monoisotopic (exact) mass is 328 g/mol. The van der Waals surface area contributed by atoms with Crippen molar-refractivity contribution in [2.75, 3.05) is 31.5 Å². The molecule has 1 amide bonds. The Morgan fingerprint density at radius 3 is 2.68 bits per heavy atom. The number of amides is 1. The molecule has 0 aromatic carbocycles. The van der Waals surface area contributed by atoms with Gasteiger partial charge in [-0.25, -0.2) is 0 Å². The van der Waals surface area contributed by atoms with Crippen molar-refractivity contribution >= 4 is 24.2 Å². The van der Waals surface area contributed by atoms with Crippen LogP contribution < -0.4 is 10.6 Å². The van der Waals surface area contributed by atoms with E-state index in [1.54, 1.807) is 6.07 Å². The molecular weight excluding hydrogens is 304 g/mol. The van der Waals surface area contributed by atoms with Gasteiger partial charge in [0.25, 0.3) is 0 Å². The average molecular weight is 329 g/mol. The van der Waals surface area contributed by atoms with E-state index in [-0.39, 0.29) is 18.3 Å². The Morgan fingerprint density at radius 2 is 2.09 bits per heavy atom. The second kappa shape index (κ2) is 7.94. The van der Waals surface area contributed by atoms with Gasteiger partial charge in [0.2, 0.25) is 11.8 Å². The largest absolute Gasteiger partial charge is 0.338 e. The molecule has 1 aliphatic carbocycles. The summed E-state index contributed by atoms with van der Waals surface area (Å²) in [5, 5.41) is 10.1. The zero-order valence-electron chi connectivity index (χ0n) is 13.0. The van der Waals surface area contributed by atoms with E-state index in [0.29, 0.717) is 18.5 Å². The van der Waals surface area contributed by atoms with Gasteiger partial charge in [-0.3, -0.25) is 15.0 Å². The Bertz CT molecular complexity index is 482. The lowest BCUT2D eigenvalue weighted by Crippen LogP contribution is -2.45. The van der Waals surface area contributed by atoms with Gasteiger partial charge in [0.05, 0.1) is 12.2 Å². The number of rotatable bonds is 6. The van der Waals surface area contributed by atoms with Crippen LogP contribution in [0.25, 0.3) is 0 Å². The van der Waals surface area contributed by atoms with Crippen molar-refractivity contribution < 1.29 is 9.32 Å². The minimum Gasteiger partial charge on any atom is -0.338 e. The summed E-state index contributed by atoms with van der Waals surface area (Å²) in [4.78, 5) is 14.1. The average Bonchev–Trinajstić information content (AvgIpc) is 3.21. The SMILES string of the molecule is Cc1cc(NC(=O)CN2CCC(NCC3CC3)CC2)on1.Cl. The van der Waals surface area contributed by atoms with Crippen LogP contribution in [0.2, 0.25) is 0 Å². The molecule has 1 aromatic heterocycles. The summed E-state index contributed by atoms with van der Waals surface area (Å²) < 4.78 is 4.99. The number of hydrogen-bond donors (Lipinski definition) is 2. The first-order chi connectivity index (χ1) is 10.2. The molecule has 2 fully saturated rings. The van der Waals surface area contributed by atoms with E-state index in [9.17, 15) is 4.79 Å². The van der Waals surface area contributed by atoms with E-state index in [1.807, 2.05) is 6.92 Å². The summed E-state index contributed by atoms with van der Waals surface area (Å²) >= 11 is 0. The third-order valence-corrected chi connectivity index (χ3v) is 4.24. The Morgan fingerprint density at radius 1 is 1.36 bits per heavy atom. The summed E-state index contributed by atoms with van der Waals surface area (Å²) in [7, 11) is 0. The zero-order valence-corrected chi connectivity index (χ0v) is 13.8. The fourth-order valence-corrected chi connectivity index (χ4v) is 2.75. The van der Waals surface area contributed by atoms with Crippen molar-refractivity contribution in [3.63, 3.8) is 0 Å². The van der Waals surface area contributed by atoms with E-state index in [2.05, 4.69) is 20.7 Å². The number of aryl methyl sites for hydroxylation is 1. The number of piperidine rings is 1. The minimum absolute atomic E-state index is 0. The van der Waals surface area contributed by atoms with Gasteiger partial charge in [-0.1, -0.05) is 5.16 Å². The molecule has 7 heteroatoms. The van der Waals surface area contributed by atoms with Crippen LogP contribution in [0.15, 0.2) is 10.6 Å². The first-order valence-corrected chi connectivity index (χ1v) is 7.88. The molecule has 0 unspecified atom stereocenters. The lowest BCUT2D eigenvalue weighted by Gasteiger charge is -2.31. The van der Waals surface area contributed by atoms with Crippen LogP contribution in [0.1, 0.15) is 31.4 Å². The summed E-state index contributed by atoms with van der Waals surface area (Å²) in [5.74, 6) is 1.33. The van der Waals surface area contributed by atoms with E-state index < -0.39 is 0 Å². The normalized spacial score (nSPS) is 19.7. The number of aromatic nitrogens is 1. The van der Waals surface area contributed by atoms with Crippen LogP contribution >= 0.6 is 12.4 Å². The predicted molar refractivity (Wildman–Crippen MR) is 87.3 cm³/mol. The van der Waals surface area contributed by atoms with Gasteiger partial charge in [-0.15, -0.1) is 12.4 Å². The van der Waals surface area contributed by atoms with E-state index >= 15 is 0 Å². The second-order valence-corrected chi connectivity index (χ2v) is 6.28. The van der Waals surface area contributed by atoms with Crippen molar-refractivity contribution in [2.24, 2.45) is 5.92 Å². The summed E-state index contributed by atoms with van der Waals surface area (Å²) in [5.41, 5.74) is 0.771. The lowest BCUT2D eigenvalue weighted by atomic mass is 10.0. The lowest BCUT2D eigenvalue weighted by molar-refractivity contribution is -0.117. The first kappa shape index (κ1) is 17.2. The number of halogens is 1. The molecule has 1 aromatic rings. The smallest absolute Gasteiger partial charge is 0.240 e. The third-order valence-electron chi connectivity index (χ3n) is 4.24. The molecule has 124 valence electrons. The van der Waals surface area contributed by atoms with Gasteiger partial charge in [0.1, 0.15) is 0 Å². The maximum atomic E-state index is 11.9. The zero-order chi connectivity index (χ0) is 14.7. The fourth-order valence-electron chi connectivity index (χ4n) is 2.75. The summed E-state index contributed by atoms with van der Waals surface area (Å²) in [6.07, 6.45) is 5.04. The molecule has 3 rings (SSSR count). The number of carbonyl (C=O) groups excluding carboxylic acids is 1. The number of carbonyl (C=O) groups is 1. The van der Waals surface area contributed by atoms with Crippen LogP contribution in [0.5, 0.6) is 0 Å². The van der Waals surface area contributed by atoms with Gasteiger partial charge < -0.3 is 9.84 Å². The predicted octanol–water partition coefficient (Wildman–Crippen LogP) is 1.81. The van der Waals surface area contributed by atoms with Crippen molar-refractivity contribution in [3.8, 4) is 0 Å².